The van der Waals surface area contributed by atoms with E-state index in [1.807, 2.05) is 6.92 Å². The Kier molecular flexibility index (Phi) is 2.97. The molecule has 0 spiro atoms. The van der Waals surface area contributed by atoms with Crippen molar-refractivity contribution >= 4 is 11.5 Å². The summed E-state index contributed by atoms with van der Waals surface area (Å²) in [7, 11) is 1.35. The second kappa shape index (κ2) is 4.19. The predicted molar refractivity (Wildman–Crippen MR) is 69.1 cm³/mol. The first-order valence-electron chi connectivity index (χ1n) is 5.99. The van der Waals surface area contributed by atoms with Gasteiger partial charge in [0, 0.05) is 6.42 Å². The van der Waals surface area contributed by atoms with Gasteiger partial charge in [0.1, 0.15) is 0 Å². The van der Waals surface area contributed by atoms with Crippen LogP contribution in [0.1, 0.15) is 49.6 Å². The molecule has 0 aliphatic heterocycles. The fourth-order valence-corrected chi connectivity index (χ4v) is 2.32. The number of esters is 1. The number of nitrogens with zero attached hydrogens (tertiary/aromatic N) is 2. The summed E-state index contributed by atoms with van der Waals surface area (Å²) in [5, 5.41) is 0. The van der Waals surface area contributed by atoms with E-state index >= 15 is 0 Å². The Balaban J connectivity index is 2.48. The van der Waals surface area contributed by atoms with Crippen LogP contribution in [0.15, 0.2) is 11.8 Å². The molecule has 0 N–H and O–H groups in total. The van der Waals surface area contributed by atoms with Crippen LogP contribution in [0.5, 0.6) is 0 Å². The topological polar surface area (TPSA) is 52.1 Å². The van der Waals surface area contributed by atoms with E-state index < -0.39 is 5.97 Å². The first kappa shape index (κ1) is 12.7. The highest BCUT2D eigenvalue weighted by Gasteiger charge is 2.29. The molecular formula is C14H18N2O2. The Morgan fingerprint density at radius 3 is 2.61 bits per heavy atom. The molecule has 1 aromatic heterocycles. The van der Waals surface area contributed by atoms with E-state index in [0.717, 1.165) is 23.4 Å². The SMILES string of the molecule is COC(=O)c1cnc2c(n1)C(C)=C(C(C)(C)C)C2. The number of carbonyl (C=O) groups is 1. The normalized spacial score (nSPS) is 14.7. The van der Waals surface area contributed by atoms with Crippen LogP contribution in [-0.2, 0) is 11.2 Å². The minimum Gasteiger partial charge on any atom is -0.464 e. The van der Waals surface area contributed by atoms with Crippen LogP contribution >= 0.6 is 0 Å². The summed E-state index contributed by atoms with van der Waals surface area (Å²) in [4.78, 5) is 20.2. The molecule has 1 aliphatic carbocycles. The van der Waals surface area contributed by atoms with E-state index in [9.17, 15) is 4.79 Å². The molecule has 4 heteroatoms. The molecule has 1 aliphatic rings. The minimum absolute atomic E-state index is 0.0951. The van der Waals surface area contributed by atoms with E-state index in [0.29, 0.717) is 0 Å². The fraction of sp³-hybridized carbons (Fsp3) is 0.500. The Morgan fingerprint density at radius 2 is 2.06 bits per heavy atom. The van der Waals surface area contributed by atoms with Gasteiger partial charge in [-0.25, -0.2) is 9.78 Å². The first-order valence-corrected chi connectivity index (χ1v) is 5.99. The second-order valence-electron chi connectivity index (χ2n) is 5.57. The maximum Gasteiger partial charge on any atom is 0.358 e. The van der Waals surface area contributed by atoms with E-state index in [-0.39, 0.29) is 11.1 Å². The van der Waals surface area contributed by atoms with Crippen LogP contribution in [-0.4, -0.2) is 23.0 Å². The molecule has 2 rings (SSSR count). The molecule has 4 nitrogen and oxygen atoms in total. The van der Waals surface area contributed by atoms with Crippen molar-refractivity contribution in [2.24, 2.45) is 5.41 Å². The summed E-state index contributed by atoms with van der Waals surface area (Å²) in [6.07, 6.45) is 2.31. The van der Waals surface area contributed by atoms with Crippen LogP contribution < -0.4 is 0 Å². The van der Waals surface area contributed by atoms with Gasteiger partial charge in [-0.3, -0.25) is 4.98 Å². The molecule has 0 saturated heterocycles. The fourth-order valence-electron chi connectivity index (χ4n) is 2.32. The molecular weight excluding hydrogens is 228 g/mol. The molecule has 0 aromatic carbocycles. The third kappa shape index (κ3) is 2.03. The lowest BCUT2D eigenvalue weighted by atomic mass is 9.84. The third-order valence-electron chi connectivity index (χ3n) is 3.30. The van der Waals surface area contributed by atoms with Crippen molar-refractivity contribution in [3.63, 3.8) is 0 Å². The summed E-state index contributed by atoms with van der Waals surface area (Å²) in [5.74, 6) is -0.442. The summed E-state index contributed by atoms with van der Waals surface area (Å²) in [6, 6.07) is 0. The summed E-state index contributed by atoms with van der Waals surface area (Å²) in [6.45, 7) is 8.58. The zero-order valence-electron chi connectivity index (χ0n) is 11.5. The third-order valence-corrected chi connectivity index (χ3v) is 3.30. The molecule has 0 bridgehead atoms. The van der Waals surface area contributed by atoms with Gasteiger partial charge in [0.05, 0.1) is 24.7 Å². The van der Waals surface area contributed by atoms with Crippen LogP contribution in [0.25, 0.3) is 5.57 Å². The van der Waals surface area contributed by atoms with Gasteiger partial charge >= 0.3 is 5.97 Å². The van der Waals surface area contributed by atoms with Crippen molar-refractivity contribution in [3.8, 4) is 0 Å². The summed E-state index contributed by atoms with van der Waals surface area (Å²) in [5.41, 5.74) is 4.62. The maximum atomic E-state index is 11.5. The monoisotopic (exact) mass is 246 g/mol. The number of fused-ring (bicyclic) bond motifs is 1. The predicted octanol–water partition coefficient (Wildman–Crippen LogP) is 2.64. The van der Waals surface area contributed by atoms with Gasteiger partial charge in [0.25, 0.3) is 0 Å². The van der Waals surface area contributed by atoms with Crippen molar-refractivity contribution in [3.05, 3.63) is 28.9 Å². The Bertz CT molecular complexity index is 539. The number of hydrogen-bond acceptors (Lipinski definition) is 4. The zero-order chi connectivity index (χ0) is 13.5. The highest BCUT2D eigenvalue weighted by atomic mass is 16.5. The molecule has 1 heterocycles. The van der Waals surface area contributed by atoms with E-state index in [4.69, 9.17) is 0 Å². The first-order chi connectivity index (χ1) is 8.34. The van der Waals surface area contributed by atoms with Gasteiger partial charge in [0.15, 0.2) is 5.69 Å². The number of allylic oxidation sites excluding steroid dienone is 2. The van der Waals surface area contributed by atoms with E-state index in [1.165, 1.54) is 18.9 Å². The average Bonchev–Trinajstić information content (AvgIpc) is 2.65. The molecule has 18 heavy (non-hydrogen) atoms. The average molecular weight is 246 g/mol. The van der Waals surface area contributed by atoms with Gasteiger partial charge in [-0.15, -0.1) is 0 Å². The smallest absolute Gasteiger partial charge is 0.358 e. The summed E-state index contributed by atoms with van der Waals surface area (Å²) < 4.78 is 4.67. The number of hydrogen-bond donors (Lipinski definition) is 0. The lowest BCUT2D eigenvalue weighted by Crippen LogP contribution is -2.10. The van der Waals surface area contributed by atoms with Crippen LogP contribution in [0, 0.1) is 5.41 Å². The Hall–Kier alpha value is -1.71. The summed E-state index contributed by atoms with van der Waals surface area (Å²) >= 11 is 0. The van der Waals surface area contributed by atoms with Gasteiger partial charge < -0.3 is 4.74 Å². The highest BCUT2D eigenvalue weighted by molar-refractivity contribution is 5.87. The van der Waals surface area contributed by atoms with E-state index in [2.05, 4.69) is 35.5 Å². The molecule has 96 valence electrons. The molecule has 0 fully saturated rings. The number of carbonyl (C=O) groups excluding carboxylic acids is 1. The number of rotatable bonds is 1. The van der Waals surface area contributed by atoms with Gasteiger partial charge in [-0.1, -0.05) is 26.3 Å². The van der Waals surface area contributed by atoms with Crippen molar-refractivity contribution in [2.75, 3.05) is 7.11 Å². The molecule has 0 unspecified atom stereocenters. The molecule has 0 saturated carbocycles. The van der Waals surface area contributed by atoms with Crippen molar-refractivity contribution in [1.29, 1.82) is 0 Å². The van der Waals surface area contributed by atoms with Crippen LogP contribution in [0.3, 0.4) is 0 Å². The Labute approximate surface area is 107 Å². The van der Waals surface area contributed by atoms with Gasteiger partial charge in [-0.2, -0.15) is 0 Å². The quantitative estimate of drug-likeness (QED) is 0.715. The molecule has 0 radical (unpaired) electrons. The maximum absolute atomic E-state index is 11.5. The van der Waals surface area contributed by atoms with Crippen LogP contribution in [0.2, 0.25) is 0 Å². The van der Waals surface area contributed by atoms with Crippen molar-refractivity contribution < 1.29 is 9.53 Å². The lowest BCUT2D eigenvalue weighted by Gasteiger charge is -2.21. The zero-order valence-corrected chi connectivity index (χ0v) is 11.5. The Morgan fingerprint density at radius 1 is 1.39 bits per heavy atom. The standard InChI is InChI=1S/C14H18N2O2/c1-8-9(14(2,3)4)6-10-12(8)16-11(7-15-10)13(17)18-5/h7H,6H2,1-5H3. The molecule has 0 amide bonds. The van der Waals surface area contributed by atoms with Gasteiger partial charge in [-0.05, 0) is 17.9 Å². The van der Waals surface area contributed by atoms with Crippen molar-refractivity contribution in [1.82, 2.24) is 9.97 Å². The lowest BCUT2D eigenvalue weighted by molar-refractivity contribution is 0.0593. The minimum atomic E-state index is -0.442. The van der Waals surface area contributed by atoms with E-state index in [1.54, 1.807) is 0 Å². The highest BCUT2D eigenvalue weighted by Crippen LogP contribution is 2.39. The van der Waals surface area contributed by atoms with Crippen LogP contribution in [0.4, 0.5) is 0 Å². The van der Waals surface area contributed by atoms with Gasteiger partial charge in [0.2, 0.25) is 0 Å². The van der Waals surface area contributed by atoms with Crippen molar-refractivity contribution in [2.45, 2.75) is 34.1 Å². The second-order valence-corrected chi connectivity index (χ2v) is 5.57. The largest absolute Gasteiger partial charge is 0.464 e. The molecule has 0 atom stereocenters. The number of methoxy groups -OCH3 is 1. The number of aromatic nitrogens is 2. The molecule has 1 aromatic rings. The number of ether oxygens (including phenoxy) is 1.